The fourth-order valence-corrected chi connectivity index (χ4v) is 2.91. The Labute approximate surface area is 127 Å². The summed E-state index contributed by atoms with van der Waals surface area (Å²) in [6.07, 6.45) is 0. The van der Waals surface area contributed by atoms with E-state index >= 15 is 0 Å². The van der Waals surface area contributed by atoms with E-state index in [1.54, 1.807) is 0 Å². The van der Waals surface area contributed by atoms with Crippen molar-refractivity contribution in [1.82, 2.24) is 0 Å². The Bertz CT molecular complexity index is 699. The lowest BCUT2D eigenvalue weighted by Crippen LogP contribution is -2.11. The molecule has 0 saturated carbocycles. The molecule has 0 aliphatic rings. The monoisotopic (exact) mass is 331 g/mol. The number of rotatable bonds is 3. The summed E-state index contributed by atoms with van der Waals surface area (Å²) < 4.78 is 0.597. The zero-order chi connectivity index (χ0) is 14.9. The van der Waals surface area contributed by atoms with Gasteiger partial charge in [-0.3, -0.25) is 4.79 Å². The molecule has 5 nitrogen and oxygen atoms in total. The molecule has 1 aromatic carbocycles. The Hall–Kier alpha value is -1.76. The van der Waals surface area contributed by atoms with Crippen molar-refractivity contribution >= 4 is 52.1 Å². The average molecular weight is 332 g/mol. The van der Waals surface area contributed by atoms with E-state index in [0.29, 0.717) is 4.34 Å². The lowest BCUT2D eigenvalue weighted by atomic mass is 10.2. The van der Waals surface area contributed by atoms with Crippen LogP contribution < -0.4 is 5.32 Å². The number of halogens is 2. The van der Waals surface area contributed by atoms with Gasteiger partial charge in [0.25, 0.3) is 5.91 Å². The number of hydrogen-bond acceptors (Lipinski definition) is 4. The van der Waals surface area contributed by atoms with Crippen LogP contribution in [0.25, 0.3) is 0 Å². The van der Waals surface area contributed by atoms with Crippen molar-refractivity contribution in [2.24, 2.45) is 0 Å². The van der Waals surface area contributed by atoms with Crippen molar-refractivity contribution in [2.45, 2.75) is 0 Å². The molecule has 0 aliphatic heterocycles. The minimum Gasteiger partial charge on any atom is -0.506 e. The Morgan fingerprint density at radius 3 is 2.40 bits per heavy atom. The van der Waals surface area contributed by atoms with Gasteiger partial charge in [0.15, 0.2) is 0 Å². The molecule has 1 amide bonds. The number of anilines is 1. The summed E-state index contributed by atoms with van der Waals surface area (Å²) in [5, 5.41) is 20.9. The summed E-state index contributed by atoms with van der Waals surface area (Å²) in [6.45, 7) is 0. The molecule has 2 rings (SSSR count). The third kappa shape index (κ3) is 3.04. The van der Waals surface area contributed by atoms with Crippen molar-refractivity contribution in [3.63, 3.8) is 0 Å². The number of phenolic OH excluding ortho intramolecular Hbond substituents is 1. The molecule has 0 radical (unpaired) electrons. The quantitative estimate of drug-likeness (QED) is 0.748. The maximum absolute atomic E-state index is 11.9. The van der Waals surface area contributed by atoms with Gasteiger partial charge >= 0.3 is 5.97 Å². The summed E-state index contributed by atoms with van der Waals surface area (Å²) in [5.41, 5.74) is 0.180. The molecule has 104 valence electrons. The van der Waals surface area contributed by atoms with Crippen molar-refractivity contribution < 1.29 is 19.8 Å². The van der Waals surface area contributed by atoms with Crippen LogP contribution in [-0.4, -0.2) is 22.1 Å². The maximum Gasteiger partial charge on any atom is 0.335 e. The lowest BCUT2D eigenvalue weighted by molar-refractivity contribution is 0.0696. The number of amides is 1. The van der Waals surface area contributed by atoms with Crippen LogP contribution in [0.4, 0.5) is 5.69 Å². The Morgan fingerprint density at radius 2 is 1.90 bits per heavy atom. The van der Waals surface area contributed by atoms with Crippen LogP contribution in [0.1, 0.15) is 20.7 Å². The number of carbonyl (C=O) groups is 2. The van der Waals surface area contributed by atoms with Gasteiger partial charge in [-0.25, -0.2) is 4.79 Å². The fraction of sp³-hybridized carbons (Fsp3) is 0. The minimum absolute atomic E-state index is 0.0818. The van der Waals surface area contributed by atoms with Crippen LogP contribution in [-0.2, 0) is 0 Å². The van der Waals surface area contributed by atoms with E-state index in [2.05, 4.69) is 5.32 Å². The van der Waals surface area contributed by atoms with Gasteiger partial charge in [0.1, 0.15) is 10.1 Å². The predicted octanol–water partition coefficient (Wildman–Crippen LogP) is 3.71. The molecule has 20 heavy (non-hydrogen) atoms. The summed E-state index contributed by atoms with van der Waals surface area (Å²) in [4.78, 5) is 22.7. The Morgan fingerprint density at radius 1 is 1.20 bits per heavy atom. The topological polar surface area (TPSA) is 86.6 Å². The number of carbonyl (C=O) groups excluding carboxylic acids is 1. The van der Waals surface area contributed by atoms with Crippen LogP contribution >= 0.6 is 34.5 Å². The van der Waals surface area contributed by atoms with Crippen molar-refractivity contribution in [3.8, 4) is 5.75 Å². The molecule has 1 aromatic heterocycles. The van der Waals surface area contributed by atoms with Crippen molar-refractivity contribution in [3.05, 3.63) is 44.1 Å². The molecule has 2 aromatic rings. The van der Waals surface area contributed by atoms with E-state index in [-0.39, 0.29) is 26.9 Å². The van der Waals surface area contributed by atoms with Crippen molar-refractivity contribution in [2.75, 3.05) is 5.32 Å². The normalized spacial score (nSPS) is 10.3. The SMILES string of the molecule is O=C(O)c1ccc(NC(=O)c2cc(Cl)sc2Cl)c(O)c1. The summed E-state index contributed by atoms with van der Waals surface area (Å²) in [5.74, 6) is -2.07. The number of phenols is 1. The average Bonchev–Trinajstić information content (AvgIpc) is 2.70. The van der Waals surface area contributed by atoms with Crippen LogP contribution in [0.3, 0.4) is 0 Å². The number of aromatic hydroxyl groups is 1. The molecule has 0 fully saturated rings. The third-order valence-corrected chi connectivity index (χ3v) is 3.88. The molecule has 0 saturated heterocycles. The third-order valence-electron chi connectivity index (χ3n) is 2.39. The van der Waals surface area contributed by atoms with Gasteiger partial charge in [0.05, 0.1) is 21.2 Å². The van der Waals surface area contributed by atoms with Gasteiger partial charge in [-0.05, 0) is 24.3 Å². The summed E-state index contributed by atoms with van der Waals surface area (Å²) in [7, 11) is 0. The molecule has 0 atom stereocenters. The zero-order valence-corrected chi connectivity index (χ0v) is 12.0. The second-order valence-electron chi connectivity index (χ2n) is 3.73. The lowest BCUT2D eigenvalue weighted by Gasteiger charge is -2.07. The first-order valence-corrected chi connectivity index (χ1v) is 6.78. The van der Waals surface area contributed by atoms with Crippen molar-refractivity contribution in [1.29, 1.82) is 0 Å². The molecule has 8 heteroatoms. The molecule has 3 N–H and O–H groups in total. The number of carboxylic acids is 1. The van der Waals surface area contributed by atoms with Gasteiger partial charge in [-0.15, -0.1) is 11.3 Å². The minimum atomic E-state index is -1.18. The molecular weight excluding hydrogens is 325 g/mol. The van der Waals surface area contributed by atoms with E-state index in [9.17, 15) is 14.7 Å². The first-order chi connectivity index (χ1) is 9.38. The summed E-state index contributed by atoms with van der Waals surface area (Å²) in [6, 6.07) is 5.01. The van der Waals surface area contributed by atoms with E-state index in [4.69, 9.17) is 28.3 Å². The molecule has 0 bridgehead atoms. The van der Waals surface area contributed by atoms with E-state index in [1.165, 1.54) is 18.2 Å². The number of nitrogens with one attached hydrogen (secondary N) is 1. The molecule has 0 spiro atoms. The highest BCUT2D eigenvalue weighted by Gasteiger charge is 2.16. The Balaban J connectivity index is 2.24. The maximum atomic E-state index is 11.9. The number of carboxylic acid groups (broad SMARTS) is 1. The van der Waals surface area contributed by atoms with Gasteiger partial charge in [0.2, 0.25) is 0 Å². The number of hydrogen-bond donors (Lipinski definition) is 3. The first-order valence-electron chi connectivity index (χ1n) is 5.21. The highest BCUT2D eigenvalue weighted by Crippen LogP contribution is 2.32. The van der Waals surface area contributed by atoms with Gasteiger partial charge < -0.3 is 15.5 Å². The second kappa shape index (κ2) is 5.70. The highest BCUT2D eigenvalue weighted by molar-refractivity contribution is 7.20. The van der Waals surface area contributed by atoms with Crippen LogP contribution in [0.15, 0.2) is 24.3 Å². The van der Waals surface area contributed by atoms with Crippen LogP contribution in [0.5, 0.6) is 5.75 Å². The predicted molar refractivity (Wildman–Crippen MR) is 77.4 cm³/mol. The molecule has 0 aliphatic carbocycles. The molecule has 0 unspecified atom stereocenters. The van der Waals surface area contributed by atoms with Crippen LogP contribution in [0, 0.1) is 0 Å². The first kappa shape index (κ1) is 14.6. The van der Waals surface area contributed by atoms with Crippen LogP contribution in [0.2, 0.25) is 8.67 Å². The fourth-order valence-electron chi connectivity index (χ4n) is 1.46. The second-order valence-corrected chi connectivity index (χ2v) is 6.01. The zero-order valence-electron chi connectivity index (χ0n) is 9.68. The van der Waals surface area contributed by atoms with E-state index in [1.807, 2.05) is 0 Å². The van der Waals surface area contributed by atoms with E-state index in [0.717, 1.165) is 17.4 Å². The Kier molecular flexibility index (Phi) is 4.17. The highest BCUT2D eigenvalue weighted by atomic mass is 35.5. The number of aromatic carboxylic acids is 1. The smallest absolute Gasteiger partial charge is 0.335 e. The molecule has 1 heterocycles. The summed E-state index contributed by atoms with van der Waals surface area (Å²) >= 11 is 12.6. The largest absolute Gasteiger partial charge is 0.506 e. The molecular formula is C12H7Cl2NO4S. The van der Waals surface area contributed by atoms with Gasteiger partial charge in [0, 0.05) is 0 Å². The number of benzene rings is 1. The van der Waals surface area contributed by atoms with Gasteiger partial charge in [-0.1, -0.05) is 23.2 Å². The van der Waals surface area contributed by atoms with E-state index < -0.39 is 11.9 Å². The standard InChI is InChI=1S/C12H7Cl2NO4S/c13-9-4-6(10(14)20-9)11(17)15-7-2-1-5(12(18)19)3-8(7)16/h1-4,16H,(H,15,17)(H,18,19). The number of thiophene rings is 1. The van der Waals surface area contributed by atoms with Gasteiger partial charge in [-0.2, -0.15) is 0 Å².